The summed E-state index contributed by atoms with van der Waals surface area (Å²) in [5, 5.41) is 0.0622. The lowest BCUT2D eigenvalue weighted by Crippen LogP contribution is -2.27. The smallest absolute Gasteiger partial charge is 0.493 e. The fourth-order valence-corrected chi connectivity index (χ4v) is 1.86. The van der Waals surface area contributed by atoms with Gasteiger partial charge in [0.05, 0.1) is 12.5 Å². The molecule has 19 heavy (non-hydrogen) atoms. The van der Waals surface area contributed by atoms with Crippen molar-refractivity contribution in [2.24, 2.45) is 0 Å². The predicted octanol–water partition coefficient (Wildman–Crippen LogP) is 2.67. The maximum Gasteiger partial charge on any atom is 0.534 e. The minimum atomic E-state index is -5.73. The summed E-state index contributed by atoms with van der Waals surface area (Å²) in [6.07, 6.45) is 0.774. The van der Waals surface area contributed by atoms with E-state index in [9.17, 15) is 21.6 Å². The van der Waals surface area contributed by atoms with Gasteiger partial charge in [0.1, 0.15) is 6.26 Å². The highest BCUT2D eigenvalue weighted by molar-refractivity contribution is 7.88. The fraction of sp³-hybridized carbons (Fsp3) is 0.200. The maximum atomic E-state index is 12.2. The molecule has 0 saturated carbocycles. The minimum absolute atomic E-state index is 0.0622. The monoisotopic (exact) mass is 296 g/mol. The Labute approximate surface area is 105 Å². The zero-order valence-corrected chi connectivity index (χ0v) is 10.2. The van der Waals surface area contributed by atoms with Gasteiger partial charge in [-0.05, 0) is 12.1 Å². The summed E-state index contributed by atoms with van der Waals surface area (Å²) in [5.41, 5.74) is -5.41. The molecule has 1 aromatic carbocycles. The number of rotatable bonds is 3. The summed E-state index contributed by atoms with van der Waals surface area (Å²) in [6, 6.07) is 4.32. The second-order valence-corrected chi connectivity index (χ2v) is 4.96. The third-order valence-corrected chi connectivity index (χ3v) is 3.20. The van der Waals surface area contributed by atoms with Gasteiger partial charge in [0.2, 0.25) is 0 Å². The zero-order chi connectivity index (χ0) is 14.3. The van der Waals surface area contributed by atoms with Crippen LogP contribution in [0.3, 0.4) is 0 Å². The van der Waals surface area contributed by atoms with Gasteiger partial charge >= 0.3 is 15.6 Å². The van der Waals surface area contributed by atoms with Gasteiger partial charge in [0.25, 0.3) is 0 Å². The van der Waals surface area contributed by atoms with Crippen molar-refractivity contribution in [3.8, 4) is 11.5 Å². The van der Waals surface area contributed by atoms with Crippen LogP contribution in [0.25, 0.3) is 11.0 Å². The Morgan fingerprint density at radius 2 is 1.89 bits per heavy atom. The van der Waals surface area contributed by atoms with E-state index < -0.39 is 21.4 Å². The number of methoxy groups -OCH3 is 1. The Hall–Kier alpha value is -1.90. The van der Waals surface area contributed by atoms with Crippen LogP contribution in [0.15, 0.2) is 28.9 Å². The number of hydrogen-bond donors (Lipinski definition) is 0. The van der Waals surface area contributed by atoms with E-state index in [1.54, 1.807) is 0 Å². The van der Waals surface area contributed by atoms with Crippen LogP contribution in [0.4, 0.5) is 13.2 Å². The van der Waals surface area contributed by atoms with Crippen molar-refractivity contribution in [3.05, 3.63) is 24.5 Å². The van der Waals surface area contributed by atoms with Gasteiger partial charge < -0.3 is 13.3 Å². The molecule has 0 aliphatic carbocycles. The van der Waals surface area contributed by atoms with Gasteiger partial charge in [-0.25, -0.2) is 0 Å². The number of hydrogen-bond acceptors (Lipinski definition) is 5. The summed E-state index contributed by atoms with van der Waals surface area (Å²) in [4.78, 5) is 0. The first-order chi connectivity index (χ1) is 8.76. The normalized spacial score (nSPS) is 12.6. The molecule has 9 heteroatoms. The molecule has 104 valence electrons. The Balaban J connectivity index is 2.49. The minimum Gasteiger partial charge on any atom is -0.493 e. The van der Waals surface area contributed by atoms with Crippen molar-refractivity contribution in [2.75, 3.05) is 7.11 Å². The van der Waals surface area contributed by atoms with E-state index in [-0.39, 0.29) is 16.7 Å². The molecule has 0 fully saturated rings. The van der Waals surface area contributed by atoms with E-state index in [4.69, 9.17) is 9.15 Å². The Morgan fingerprint density at radius 1 is 1.21 bits per heavy atom. The molecule has 0 bridgehead atoms. The lowest BCUT2D eigenvalue weighted by atomic mass is 10.2. The highest BCUT2D eigenvalue weighted by Crippen LogP contribution is 2.36. The predicted molar refractivity (Wildman–Crippen MR) is 58.4 cm³/mol. The SMILES string of the molecule is COc1cccc2c(OS(=O)(=O)C(F)(F)F)coc12. The number of halogens is 3. The van der Waals surface area contributed by atoms with E-state index in [1.807, 2.05) is 0 Å². The topological polar surface area (TPSA) is 65.7 Å². The van der Waals surface area contributed by atoms with Crippen molar-refractivity contribution in [1.82, 2.24) is 0 Å². The Bertz CT molecular complexity index is 702. The van der Waals surface area contributed by atoms with Gasteiger partial charge in [0, 0.05) is 0 Å². The van der Waals surface area contributed by atoms with Gasteiger partial charge in [-0.1, -0.05) is 6.07 Å². The highest BCUT2D eigenvalue weighted by atomic mass is 32.2. The molecule has 1 heterocycles. The number of alkyl halides is 3. The molecule has 2 rings (SSSR count). The van der Waals surface area contributed by atoms with Crippen LogP contribution in [-0.4, -0.2) is 21.0 Å². The molecular formula is C10H7F3O5S. The molecule has 0 saturated heterocycles. The molecule has 0 atom stereocenters. The largest absolute Gasteiger partial charge is 0.534 e. The molecule has 1 aromatic heterocycles. The molecule has 0 aliphatic heterocycles. The number of fused-ring (bicyclic) bond motifs is 1. The van der Waals surface area contributed by atoms with Crippen LogP contribution in [-0.2, 0) is 10.1 Å². The summed E-state index contributed by atoms with van der Waals surface area (Å²) >= 11 is 0. The van der Waals surface area contributed by atoms with Crippen molar-refractivity contribution in [2.45, 2.75) is 5.51 Å². The lowest BCUT2D eigenvalue weighted by molar-refractivity contribution is -0.0499. The average Bonchev–Trinajstić information content (AvgIpc) is 2.70. The van der Waals surface area contributed by atoms with Gasteiger partial charge in [-0.15, -0.1) is 0 Å². The molecule has 2 aromatic rings. The van der Waals surface area contributed by atoms with Crippen molar-refractivity contribution < 1.29 is 34.9 Å². The van der Waals surface area contributed by atoms with Crippen LogP contribution in [0.5, 0.6) is 11.5 Å². The van der Waals surface area contributed by atoms with Gasteiger partial charge in [-0.3, -0.25) is 0 Å². The van der Waals surface area contributed by atoms with Crippen LogP contribution in [0, 0.1) is 0 Å². The van der Waals surface area contributed by atoms with E-state index >= 15 is 0 Å². The number of ether oxygens (including phenoxy) is 1. The molecule has 5 nitrogen and oxygen atoms in total. The summed E-state index contributed by atoms with van der Waals surface area (Å²) in [6.45, 7) is 0. The standard InChI is InChI=1S/C10H7F3O5S/c1-16-7-4-2-3-6-8(5-17-9(6)7)18-19(14,15)10(11,12)13/h2-5H,1H3. The quantitative estimate of drug-likeness (QED) is 0.643. The Morgan fingerprint density at radius 3 is 2.47 bits per heavy atom. The van der Waals surface area contributed by atoms with E-state index in [0.29, 0.717) is 0 Å². The summed E-state index contributed by atoms with van der Waals surface area (Å²) in [5.74, 6) is -0.303. The van der Waals surface area contributed by atoms with Crippen LogP contribution >= 0.6 is 0 Å². The van der Waals surface area contributed by atoms with Crippen LogP contribution < -0.4 is 8.92 Å². The summed E-state index contributed by atoms with van der Waals surface area (Å²) < 4.78 is 72.3. The van der Waals surface area contributed by atoms with Crippen LogP contribution in [0.1, 0.15) is 0 Å². The van der Waals surface area contributed by atoms with Crippen LogP contribution in [0.2, 0.25) is 0 Å². The number of furan rings is 1. The summed E-state index contributed by atoms with van der Waals surface area (Å²) in [7, 11) is -4.39. The number of para-hydroxylation sites is 1. The lowest BCUT2D eigenvalue weighted by Gasteiger charge is -2.07. The molecule has 0 aliphatic rings. The third kappa shape index (κ3) is 2.33. The van der Waals surface area contributed by atoms with E-state index in [0.717, 1.165) is 6.26 Å². The second kappa shape index (κ2) is 4.34. The molecule has 0 unspecified atom stereocenters. The van der Waals surface area contributed by atoms with Crippen molar-refractivity contribution in [3.63, 3.8) is 0 Å². The highest BCUT2D eigenvalue weighted by Gasteiger charge is 2.49. The van der Waals surface area contributed by atoms with Crippen molar-refractivity contribution in [1.29, 1.82) is 0 Å². The molecule has 0 amide bonds. The van der Waals surface area contributed by atoms with E-state index in [2.05, 4.69) is 4.18 Å². The first-order valence-corrected chi connectivity index (χ1v) is 6.22. The zero-order valence-electron chi connectivity index (χ0n) is 9.39. The first kappa shape index (κ1) is 13.5. The van der Waals surface area contributed by atoms with Gasteiger partial charge in [0.15, 0.2) is 17.1 Å². The maximum absolute atomic E-state index is 12.2. The van der Waals surface area contributed by atoms with Crippen molar-refractivity contribution >= 4 is 21.1 Å². The number of benzene rings is 1. The molecule has 0 N–H and O–H groups in total. The molecule has 0 radical (unpaired) electrons. The second-order valence-electron chi connectivity index (χ2n) is 3.42. The fourth-order valence-electron chi connectivity index (χ4n) is 1.40. The first-order valence-electron chi connectivity index (χ1n) is 4.81. The Kier molecular flexibility index (Phi) is 3.09. The van der Waals surface area contributed by atoms with Gasteiger partial charge in [-0.2, -0.15) is 21.6 Å². The molecule has 0 spiro atoms. The third-order valence-electron chi connectivity index (χ3n) is 2.23. The average molecular weight is 296 g/mol. The van der Waals surface area contributed by atoms with E-state index in [1.165, 1.54) is 25.3 Å². The molecular weight excluding hydrogens is 289 g/mol.